The van der Waals surface area contributed by atoms with Gasteiger partial charge in [-0.25, -0.2) is 0 Å². The molecule has 21 heavy (non-hydrogen) atoms. The van der Waals surface area contributed by atoms with E-state index in [-0.39, 0.29) is 0 Å². The molecule has 1 atom stereocenters. The van der Waals surface area contributed by atoms with Gasteiger partial charge in [0.05, 0.1) is 28.1 Å². The molecule has 1 aromatic heterocycles. The largest absolute Gasteiger partial charge is 0.390 e. The summed E-state index contributed by atoms with van der Waals surface area (Å²) in [5.41, 5.74) is 0.728. The first-order valence-corrected chi connectivity index (χ1v) is 8.43. The predicted molar refractivity (Wildman–Crippen MR) is 84.6 cm³/mol. The Morgan fingerprint density at radius 1 is 1.38 bits per heavy atom. The van der Waals surface area contributed by atoms with Gasteiger partial charge >= 0.3 is 0 Å². The zero-order valence-corrected chi connectivity index (χ0v) is 14.0. The van der Waals surface area contributed by atoms with E-state index in [0.29, 0.717) is 30.2 Å². The lowest BCUT2D eigenvalue weighted by Gasteiger charge is -2.38. The Kier molecular flexibility index (Phi) is 5.33. The fourth-order valence-electron chi connectivity index (χ4n) is 3.18. The SMILES string of the molecule is CCc1nn(CC)c(CC(O)C2(O)CCC(C)CC2)c1Cl. The number of aliphatic hydroxyl groups is 2. The molecule has 0 spiro atoms. The van der Waals surface area contributed by atoms with Crippen molar-refractivity contribution in [1.82, 2.24) is 9.78 Å². The van der Waals surface area contributed by atoms with Crippen molar-refractivity contribution in [3.05, 3.63) is 16.4 Å². The highest BCUT2D eigenvalue weighted by Crippen LogP contribution is 2.36. The second-order valence-corrected chi connectivity index (χ2v) is 6.76. The molecule has 4 nitrogen and oxygen atoms in total. The van der Waals surface area contributed by atoms with E-state index in [1.165, 1.54) is 0 Å². The molecule has 2 N–H and O–H groups in total. The van der Waals surface area contributed by atoms with Crippen LogP contribution in [0.4, 0.5) is 0 Å². The number of nitrogens with zero attached hydrogens (tertiary/aromatic N) is 2. The average molecular weight is 315 g/mol. The number of hydrogen-bond acceptors (Lipinski definition) is 3. The Balaban J connectivity index is 2.15. The maximum absolute atomic E-state index is 10.7. The molecule has 1 aliphatic rings. The number of aromatic nitrogens is 2. The van der Waals surface area contributed by atoms with Crippen LogP contribution in [0.25, 0.3) is 0 Å². The van der Waals surface area contributed by atoms with Gasteiger partial charge in [-0.2, -0.15) is 5.10 Å². The highest BCUT2D eigenvalue weighted by Gasteiger charge is 2.39. The van der Waals surface area contributed by atoms with E-state index in [2.05, 4.69) is 12.0 Å². The van der Waals surface area contributed by atoms with Crippen molar-refractivity contribution >= 4 is 11.6 Å². The topological polar surface area (TPSA) is 58.3 Å². The summed E-state index contributed by atoms with van der Waals surface area (Å²) in [6, 6.07) is 0. The van der Waals surface area contributed by atoms with E-state index in [1.807, 2.05) is 18.5 Å². The molecule has 1 fully saturated rings. The van der Waals surface area contributed by atoms with Gasteiger partial charge < -0.3 is 10.2 Å². The van der Waals surface area contributed by atoms with Crippen LogP contribution in [0.2, 0.25) is 5.02 Å². The van der Waals surface area contributed by atoms with Gasteiger partial charge in [-0.1, -0.05) is 25.4 Å². The summed E-state index contributed by atoms with van der Waals surface area (Å²) in [6.07, 6.45) is 3.61. The molecule has 120 valence electrons. The molecule has 1 aliphatic carbocycles. The molecule has 0 amide bonds. The van der Waals surface area contributed by atoms with Crippen LogP contribution in [0.15, 0.2) is 0 Å². The van der Waals surface area contributed by atoms with Crippen LogP contribution >= 0.6 is 11.6 Å². The van der Waals surface area contributed by atoms with Crippen molar-refractivity contribution in [1.29, 1.82) is 0 Å². The second-order valence-electron chi connectivity index (χ2n) is 6.38. The van der Waals surface area contributed by atoms with Crippen molar-refractivity contribution < 1.29 is 10.2 Å². The summed E-state index contributed by atoms with van der Waals surface area (Å²) < 4.78 is 1.85. The van der Waals surface area contributed by atoms with E-state index < -0.39 is 11.7 Å². The van der Waals surface area contributed by atoms with Crippen LogP contribution in [-0.2, 0) is 19.4 Å². The molecule has 1 heterocycles. The molecule has 2 rings (SSSR count). The summed E-state index contributed by atoms with van der Waals surface area (Å²) in [5.74, 6) is 0.633. The Bertz CT molecular complexity index is 479. The molecule has 0 radical (unpaired) electrons. The second kappa shape index (κ2) is 6.67. The van der Waals surface area contributed by atoms with Crippen LogP contribution in [0, 0.1) is 5.92 Å². The fourth-order valence-corrected chi connectivity index (χ4v) is 3.53. The Morgan fingerprint density at radius 3 is 2.52 bits per heavy atom. The summed E-state index contributed by atoms with van der Waals surface area (Å²) in [4.78, 5) is 0. The first-order chi connectivity index (χ1) is 9.91. The Hall–Kier alpha value is -0.580. The third-order valence-corrected chi connectivity index (χ3v) is 5.28. The standard InChI is InChI=1S/C16H27ClN2O2/c1-4-12-15(17)13(19(5-2)18-12)10-14(20)16(21)8-6-11(3)7-9-16/h11,14,20-21H,4-10H2,1-3H3. The fraction of sp³-hybridized carbons (Fsp3) is 0.812. The van der Waals surface area contributed by atoms with E-state index in [0.717, 1.165) is 37.2 Å². The first-order valence-electron chi connectivity index (χ1n) is 8.05. The minimum atomic E-state index is -0.981. The third kappa shape index (κ3) is 3.43. The summed E-state index contributed by atoms with van der Waals surface area (Å²) in [5, 5.41) is 26.4. The lowest BCUT2D eigenvalue weighted by molar-refractivity contribution is -0.103. The predicted octanol–water partition coefficient (Wildman–Crippen LogP) is 2.96. The summed E-state index contributed by atoms with van der Waals surface area (Å²) in [6.45, 7) is 6.94. The van der Waals surface area contributed by atoms with E-state index in [9.17, 15) is 10.2 Å². The average Bonchev–Trinajstić information content (AvgIpc) is 2.78. The van der Waals surface area contributed by atoms with Gasteiger partial charge in [0, 0.05) is 13.0 Å². The van der Waals surface area contributed by atoms with Crippen molar-refractivity contribution in [2.24, 2.45) is 5.92 Å². The highest BCUT2D eigenvalue weighted by molar-refractivity contribution is 6.31. The number of halogens is 1. The smallest absolute Gasteiger partial charge is 0.0909 e. The maximum atomic E-state index is 10.7. The zero-order valence-electron chi connectivity index (χ0n) is 13.3. The van der Waals surface area contributed by atoms with Gasteiger partial charge in [0.15, 0.2) is 0 Å². The number of rotatable bonds is 5. The minimum Gasteiger partial charge on any atom is -0.390 e. The number of aryl methyl sites for hydroxylation is 2. The summed E-state index contributed by atoms with van der Waals surface area (Å²) in [7, 11) is 0. The van der Waals surface area contributed by atoms with Crippen molar-refractivity contribution in [2.75, 3.05) is 0 Å². The van der Waals surface area contributed by atoms with Crippen LogP contribution in [-0.4, -0.2) is 31.7 Å². The van der Waals surface area contributed by atoms with Gasteiger partial charge in [0.1, 0.15) is 0 Å². The molecular weight excluding hydrogens is 288 g/mol. The zero-order chi connectivity index (χ0) is 15.6. The van der Waals surface area contributed by atoms with Gasteiger partial charge in [-0.15, -0.1) is 0 Å². The highest BCUT2D eigenvalue weighted by atomic mass is 35.5. The molecule has 1 aromatic rings. The maximum Gasteiger partial charge on any atom is 0.0909 e. The van der Waals surface area contributed by atoms with Crippen molar-refractivity contribution in [3.8, 4) is 0 Å². The van der Waals surface area contributed by atoms with Crippen molar-refractivity contribution in [2.45, 2.75) is 77.5 Å². The van der Waals surface area contributed by atoms with E-state index in [4.69, 9.17) is 11.6 Å². The molecule has 0 aromatic carbocycles. The number of hydrogen-bond donors (Lipinski definition) is 2. The Labute approximate surface area is 132 Å². The van der Waals surface area contributed by atoms with Crippen LogP contribution in [0.5, 0.6) is 0 Å². The third-order valence-electron chi connectivity index (χ3n) is 4.84. The van der Waals surface area contributed by atoms with Crippen LogP contribution in [0.3, 0.4) is 0 Å². The van der Waals surface area contributed by atoms with E-state index >= 15 is 0 Å². The number of aliphatic hydroxyl groups excluding tert-OH is 1. The van der Waals surface area contributed by atoms with Gasteiger partial charge in [0.25, 0.3) is 0 Å². The molecule has 1 saturated carbocycles. The van der Waals surface area contributed by atoms with Gasteiger partial charge in [0.2, 0.25) is 0 Å². The molecule has 0 bridgehead atoms. The lowest BCUT2D eigenvalue weighted by Crippen LogP contribution is -2.46. The minimum absolute atomic E-state index is 0.366. The molecule has 0 aliphatic heterocycles. The molecule has 5 heteroatoms. The normalized spacial score (nSPS) is 27.8. The van der Waals surface area contributed by atoms with Crippen molar-refractivity contribution in [3.63, 3.8) is 0 Å². The first kappa shape index (κ1) is 16.8. The molecule has 0 saturated heterocycles. The molecule has 1 unspecified atom stereocenters. The quantitative estimate of drug-likeness (QED) is 0.878. The Morgan fingerprint density at radius 2 is 2.00 bits per heavy atom. The van der Waals surface area contributed by atoms with Crippen LogP contribution in [0.1, 0.15) is 57.8 Å². The van der Waals surface area contributed by atoms with Crippen LogP contribution < -0.4 is 0 Å². The molecular formula is C16H27ClN2O2. The lowest BCUT2D eigenvalue weighted by atomic mass is 9.75. The van der Waals surface area contributed by atoms with Gasteiger partial charge in [-0.05, 0) is 44.9 Å². The summed E-state index contributed by atoms with van der Waals surface area (Å²) >= 11 is 6.38. The van der Waals surface area contributed by atoms with E-state index in [1.54, 1.807) is 0 Å². The van der Waals surface area contributed by atoms with Gasteiger partial charge in [-0.3, -0.25) is 4.68 Å². The monoisotopic (exact) mass is 314 g/mol.